The first-order valence-electron chi connectivity index (χ1n) is 7.85. The highest BCUT2D eigenvalue weighted by atomic mass is 15.1. The van der Waals surface area contributed by atoms with Crippen molar-refractivity contribution in [2.24, 2.45) is 5.92 Å². The molecule has 1 heterocycles. The number of nitrogens with zero attached hydrogens (tertiary/aromatic N) is 3. The van der Waals surface area contributed by atoms with E-state index in [2.05, 4.69) is 67.8 Å². The van der Waals surface area contributed by atoms with Crippen LogP contribution in [0.5, 0.6) is 0 Å². The predicted octanol–water partition coefficient (Wildman–Crippen LogP) is 2.73. The molecule has 0 saturated carbocycles. The zero-order chi connectivity index (χ0) is 15.4. The monoisotopic (exact) mass is 288 g/mol. The fraction of sp³-hybridized carbons (Fsp3) is 0.588. The molecule has 2 aromatic rings. The molecule has 21 heavy (non-hydrogen) atoms. The fourth-order valence-electron chi connectivity index (χ4n) is 2.96. The van der Waals surface area contributed by atoms with Crippen LogP contribution in [0.25, 0.3) is 11.0 Å². The molecule has 116 valence electrons. The Kier molecular flexibility index (Phi) is 5.37. The molecule has 0 fully saturated rings. The minimum absolute atomic E-state index is 0.546. The van der Waals surface area contributed by atoms with E-state index in [0.29, 0.717) is 12.0 Å². The second-order valence-electron chi connectivity index (χ2n) is 6.17. The van der Waals surface area contributed by atoms with E-state index in [1.165, 1.54) is 5.52 Å². The molecule has 2 rings (SSSR count). The van der Waals surface area contributed by atoms with E-state index in [-0.39, 0.29) is 0 Å². The molecule has 1 unspecified atom stereocenters. The second kappa shape index (κ2) is 7.05. The number of para-hydroxylation sites is 2. The molecule has 1 atom stereocenters. The van der Waals surface area contributed by atoms with Crippen molar-refractivity contribution in [2.45, 2.75) is 39.9 Å². The molecule has 0 amide bonds. The Balaban J connectivity index is 2.06. The van der Waals surface area contributed by atoms with Gasteiger partial charge in [0.1, 0.15) is 5.82 Å². The molecule has 0 aliphatic heterocycles. The van der Waals surface area contributed by atoms with Crippen LogP contribution in [-0.4, -0.2) is 41.1 Å². The molecule has 0 aliphatic carbocycles. The van der Waals surface area contributed by atoms with Crippen LogP contribution in [-0.2, 0) is 13.1 Å². The smallest absolute Gasteiger partial charge is 0.123 e. The highest BCUT2D eigenvalue weighted by Crippen LogP contribution is 2.16. The van der Waals surface area contributed by atoms with Crippen LogP contribution in [0.4, 0.5) is 0 Å². The van der Waals surface area contributed by atoms with Gasteiger partial charge in [-0.05, 0) is 39.1 Å². The van der Waals surface area contributed by atoms with Crippen molar-refractivity contribution in [1.82, 2.24) is 19.8 Å². The zero-order valence-corrected chi connectivity index (χ0v) is 13.9. The lowest BCUT2D eigenvalue weighted by Gasteiger charge is -2.28. The van der Waals surface area contributed by atoms with Crippen LogP contribution in [0.3, 0.4) is 0 Å². The molecular weight excluding hydrogens is 260 g/mol. The Morgan fingerprint density at radius 3 is 2.57 bits per heavy atom. The topological polar surface area (TPSA) is 33.1 Å². The normalized spacial score (nSPS) is 13.5. The van der Waals surface area contributed by atoms with Crippen LogP contribution in [0.15, 0.2) is 24.3 Å². The average Bonchev–Trinajstić information content (AvgIpc) is 2.80. The maximum Gasteiger partial charge on any atom is 0.123 e. The lowest BCUT2D eigenvalue weighted by molar-refractivity contribution is 0.223. The Morgan fingerprint density at radius 1 is 1.24 bits per heavy atom. The molecule has 0 radical (unpaired) electrons. The molecule has 0 bridgehead atoms. The zero-order valence-electron chi connectivity index (χ0n) is 13.9. The minimum Gasteiger partial charge on any atom is -0.327 e. The number of rotatable bonds is 7. The Bertz CT molecular complexity index is 563. The largest absolute Gasteiger partial charge is 0.327 e. The van der Waals surface area contributed by atoms with Gasteiger partial charge in [-0.2, -0.15) is 0 Å². The molecule has 1 N–H and O–H groups in total. The number of fused-ring (bicyclic) bond motifs is 1. The number of imidazole rings is 1. The molecule has 1 aromatic carbocycles. The summed E-state index contributed by atoms with van der Waals surface area (Å²) in [5.41, 5.74) is 2.31. The molecule has 1 aromatic heterocycles. The van der Waals surface area contributed by atoms with Gasteiger partial charge in [0.05, 0.1) is 17.6 Å². The third kappa shape index (κ3) is 3.63. The highest BCUT2D eigenvalue weighted by Gasteiger charge is 2.16. The maximum atomic E-state index is 4.76. The summed E-state index contributed by atoms with van der Waals surface area (Å²) >= 11 is 0. The van der Waals surface area contributed by atoms with Crippen molar-refractivity contribution in [1.29, 1.82) is 0 Å². The van der Waals surface area contributed by atoms with Crippen molar-refractivity contribution in [3.8, 4) is 0 Å². The van der Waals surface area contributed by atoms with Crippen molar-refractivity contribution >= 4 is 11.0 Å². The Labute approximate surface area is 128 Å². The van der Waals surface area contributed by atoms with E-state index in [0.717, 1.165) is 31.0 Å². The quantitative estimate of drug-likeness (QED) is 0.850. The number of likely N-dealkylation sites (N-methyl/N-ethyl adjacent to an activating group) is 1. The highest BCUT2D eigenvalue weighted by molar-refractivity contribution is 5.75. The fourth-order valence-corrected chi connectivity index (χ4v) is 2.96. The number of benzene rings is 1. The van der Waals surface area contributed by atoms with E-state index in [1.54, 1.807) is 0 Å². The lowest BCUT2D eigenvalue weighted by atomic mass is 10.0. The van der Waals surface area contributed by atoms with Gasteiger partial charge in [-0.1, -0.05) is 26.0 Å². The SMILES string of the molecule is CCn1c(CNCC(C(C)C)N(C)C)nc2ccccc21. The van der Waals surface area contributed by atoms with Crippen molar-refractivity contribution in [3.63, 3.8) is 0 Å². The van der Waals surface area contributed by atoms with Gasteiger partial charge in [-0.3, -0.25) is 0 Å². The van der Waals surface area contributed by atoms with Crippen LogP contribution >= 0.6 is 0 Å². The molecular formula is C17H28N4. The molecule has 0 aliphatic rings. The van der Waals surface area contributed by atoms with Crippen LogP contribution in [0, 0.1) is 5.92 Å². The van der Waals surface area contributed by atoms with E-state index < -0.39 is 0 Å². The van der Waals surface area contributed by atoms with E-state index in [1.807, 2.05) is 6.07 Å². The number of aryl methyl sites for hydroxylation is 1. The van der Waals surface area contributed by atoms with Gasteiger partial charge in [0.2, 0.25) is 0 Å². The minimum atomic E-state index is 0.546. The predicted molar refractivity (Wildman–Crippen MR) is 89.4 cm³/mol. The Morgan fingerprint density at radius 2 is 1.95 bits per heavy atom. The second-order valence-corrected chi connectivity index (χ2v) is 6.17. The third-order valence-corrected chi connectivity index (χ3v) is 4.12. The molecule has 0 spiro atoms. The van der Waals surface area contributed by atoms with Crippen molar-refractivity contribution in [3.05, 3.63) is 30.1 Å². The maximum absolute atomic E-state index is 4.76. The standard InChI is InChI=1S/C17H28N4/c1-6-21-15-10-8-7-9-14(15)19-17(21)12-18-11-16(13(2)3)20(4)5/h7-10,13,16,18H,6,11-12H2,1-5H3. The van der Waals surface area contributed by atoms with E-state index in [9.17, 15) is 0 Å². The summed E-state index contributed by atoms with van der Waals surface area (Å²) in [4.78, 5) is 7.05. The number of nitrogens with one attached hydrogen (secondary N) is 1. The first kappa shape index (κ1) is 16.0. The Hall–Kier alpha value is -1.39. The van der Waals surface area contributed by atoms with E-state index in [4.69, 9.17) is 4.98 Å². The first-order valence-corrected chi connectivity index (χ1v) is 7.85. The van der Waals surface area contributed by atoms with Crippen molar-refractivity contribution < 1.29 is 0 Å². The van der Waals surface area contributed by atoms with Gasteiger partial charge in [-0.25, -0.2) is 4.98 Å². The van der Waals surface area contributed by atoms with Crippen LogP contribution in [0.1, 0.15) is 26.6 Å². The van der Waals surface area contributed by atoms with Gasteiger partial charge in [0, 0.05) is 19.1 Å². The summed E-state index contributed by atoms with van der Waals surface area (Å²) in [6.07, 6.45) is 0. The lowest BCUT2D eigenvalue weighted by Crippen LogP contribution is -2.41. The van der Waals surface area contributed by atoms with Crippen LogP contribution in [0.2, 0.25) is 0 Å². The van der Waals surface area contributed by atoms with Gasteiger partial charge in [0.15, 0.2) is 0 Å². The summed E-state index contributed by atoms with van der Waals surface area (Å²) in [5, 5.41) is 3.58. The van der Waals surface area contributed by atoms with Gasteiger partial charge < -0.3 is 14.8 Å². The third-order valence-electron chi connectivity index (χ3n) is 4.12. The van der Waals surface area contributed by atoms with Gasteiger partial charge >= 0.3 is 0 Å². The summed E-state index contributed by atoms with van der Waals surface area (Å²) < 4.78 is 2.29. The number of aromatic nitrogens is 2. The molecule has 4 nitrogen and oxygen atoms in total. The van der Waals surface area contributed by atoms with Crippen molar-refractivity contribution in [2.75, 3.05) is 20.6 Å². The molecule has 4 heteroatoms. The summed E-state index contributed by atoms with van der Waals surface area (Å²) in [7, 11) is 4.29. The number of hydrogen-bond acceptors (Lipinski definition) is 3. The van der Waals surface area contributed by atoms with Crippen LogP contribution < -0.4 is 5.32 Å². The summed E-state index contributed by atoms with van der Waals surface area (Å²) in [6, 6.07) is 8.90. The molecule has 0 saturated heterocycles. The van der Waals surface area contributed by atoms with Gasteiger partial charge in [0.25, 0.3) is 0 Å². The number of hydrogen-bond donors (Lipinski definition) is 1. The first-order chi connectivity index (χ1) is 10.0. The van der Waals surface area contributed by atoms with Gasteiger partial charge in [-0.15, -0.1) is 0 Å². The summed E-state index contributed by atoms with van der Waals surface area (Å²) in [6.45, 7) is 9.48. The summed E-state index contributed by atoms with van der Waals surface area (Å²) in [5.74, 6) is 1.76. The average molecular weight is 288 g/mol. The van der Waals surface area contributed by atoms with E-state index >= 15 is 0 Å².